The van der Waals surface area contributed by atoms with Gasteiger partial charge in [0.1, 0.15) is 0 Å². The third-order valence-corrected chi connectivity index (χ3v) is 4.50. The fourth-order valence-corrected chi connectivity index (χ4v) is 3.00. The van der Waals surface area contributed by atoms with E-state index < -0.39 is 0 Å². The molecule has 6 heteroatoms. The summed E-state index contributed by atoms with van der Waals surface area (Å²) in [7, 11) is 1.78. The number of aryl methyl sites for hydroxylation is 1. The molecule has 0 aliphatic rings. The monoisotopic (exact) mass is 362 g/mol. The van der Waals surface area contributed by atoms with Crippen molar-refractivity contribution in [2.75, 3.05) is 13.6 Å². The largest absolute Gasteiger partial charge is 0.356 e. The number of aliphatic imine (C=N–C) groups is 1. The molecule has 2 aromatic heterocycles. The Morgan fingerprint density at radius 1 is 1.04 bits per heavy atom. The smallest absolute Gasteiger partial charge is 0.191 e. The van der Waals surface area contributed by atoms with Crippen molar-refractivity contribution in [1.29, 1.82) is 0 Å². The van der Waals surface area contributed by atoms with Crippen LogP contribution in [0.3, 0.4) is 0 Å². The van der Waals surface area contributed by atoms with Gasteiger partial charge in [-0.3, -0.25) is 9.98 Å². The van der Waals surface area contributed by atoms with E-state index in [1.807, 2.05) is 54.2 Å². The van der Waals surface area contributed by atoms with Crippen LogP contribution in [-0.4, -0.2) is 34.3 Å². The van der Waals surface area contributed by atoms with Crippen LogP contribution in [0.25, 0.3) is 5.69 Å². The minimum atomic E-state index is 0.674. The molecule has 140 valence electrons. The van der Waals surface area contributed by atoms with Crippen LogP contribution in [0.4, 0.5) is 0 Å². The lowest BCUT2D eigenvalue weighted by Crippen LogP contribution is -2.38. The Morgan fingerprint density at radius 3 is 2.52 bits per heavy atom. The molecule has 0 bridgehead atoms. The van der Waals surface area contributed by atoms with E-state index in [9.17, 15) is 0 Å². The molecule has 3 aromatic rings. The average Bonchev–Trinajstić information content (AvgIpc) is 3.00. The standard InChI is InChI=1S/C21H26N6/c1-16-20(17(2)27(26-16)19-10-5-4-6-11-19)15-25-21(22-3)24-14-12-18-9-7-8-13-23-18/h4-11,13H,12,14-15H2,1-3H3,(H2,22,24,25). The molecule has 0 fully saturated rings. The molecule has 2 N–H and O–H groups in total. The Kier molecular flexibility index (Phi) is 6.20. The molecule has 1 aromatic carbocycles. The second-order valence-corrected chi connectivity index (χ2v) is 6.32. The molecule has 0 spiro atoms. The van der Waals surface area contributed by atoms with Gasteiger partial charge in [-0.05, 0) is 38.1 Å². The van der Waals surface area contributed by atoms with Gasteiger partial charge >= 0.3 is 0 Å². The summed E-state index contributed by atoms with van der Waals surface area (Å²) >= 11 is 0. The summed E-state index contributed by atoms with van der Waals surface area (Å²) in [5, 5.41) is 11.4. The molecule has 0 aliphatic carbocycles. The van der Waals surface area contributed by atoms with Crippen molar-refractivity contribution < 1.29 is 0 Å². The number of rotatable bonds is 6. The van der Waals surface area contributed by atoms with Crippen LogP contribution in [-0.2, 0) is 13.0 Å². The van der Waals surface area contributed by atoms with E-state index in [1.54, 1.807) is 7.05 Å². The lowest BCUT2D eigenvalue weighted by molar-refractivity contribution is 0.780. The van der Waals surface area contributed by atoms with Crippen LogP contribution in [0.2, 0.25) is 0 Å². The molecule has 0 radical (unpaired) electrons. The molecule has 0 atom stereocenters. The van der Waals surface area contributed by atoms with Gasteiger partial charge in [0.05, 0.1) is 11.4 Å². The zero-order valence-corrected chi connectivity index (χ0v) is 16.1. The molecular weight excluding hydrogens is 336 g/mol. The quantitative estimate of drug-likeness (QED) is 0.523. The van der Waals surface area contributed by atoms with Gasteiger partial charge in [0.15, 0.2) is 5.96 Å². The molecule has 0 saturated heterocycles. The maximum atomic E-state index is 4.69. The summed E-state index contributed by atoms with van der Waals surface area (Å²) in [6.45, 7) is 5.59. The van der Waals surface area contributed by atoms with Gasteiger partial charge in [-0.2, -0.15) is 5.10 Å². The fraction of sp³-hybridized carbons (Fsp3) is 0.286. The zero-order valence-electron chi connectivity index (χ0n) is 16.1. The molecular formula is C21H26N6. The van der Waals surface area contributed by atoms with Crippen molar-refractivity contribution >= 4 is 5.96 Å². The van der Waals surface area contributed by atoms with Crippen LogP contribution in [0, 0.1) is 13.8 Å². The summed E-state index contributed by atoms with van der Waals surface area (Å²) in [4.78, 5) is 8.64. The highest BCUT2D eigenvalue weighted by atomic mass is 15.3. The van der Waals surface area contributed by atoms with Crippen LogP contribution < -0.4 is 10.6 Å². The number of hydrogen-bond acceptors (Lipinski definition) is 3. The Hall–Kier alpha value is -3.15. The number of para-hydroxylation sites is 1. The van der Waals surface area contributed by atoms with Gasteiger partial charge in [0.25, 0.3) is 0 Å². The molecule has 3 rings (SSSR count). The van der Waals surface area contributed by atoms with E-state index in [1.165, 1.54) is 5.56 Å². The normalized spacial score (nSPS) is 11.4. The third kappa shape index (κ3) is 4.73. The van der Waals surface area contributed by atoms with Crippen molar-refractivity contribution in [1.82, 2.24) is 25.4 Å². The van der Waals surface area contributed by atoms with Gasteiger partial charge in [0, 0.05) is 49.7 Å². The molecule has 0 saturated carbocycles. The highest BCUT2D eigenvalue weighted by Crippen LogP contribution is 2.17. The number of hydrogen-bond donors (Lipinski definition) is 2. The van der Waals surface area contributed by atoms with Gasteiger partial charge in [-0.1, -0.05) is 24.3 Å². The number of nitrogens with zero attached hydrogens (tertiary/aromatic N) is 4. The maximum Gasteiger partial charge on any atom is 0.191 e. The highest BCUT2D eigenvalue weighted by molar-refractivity contribution is 5.79. The van der Waals surface area contributed by atoms with E-state index in [0.29, 0.717) is 6.54 Å². The first-order chi connectivity index (χ1) is 13.2. The summed E-state index contributed by atoms with van der Waals surface area (Å²) in [6.07, 6.45) is 2.67. The van der Waals surface area contributed by atoms with Crippen LogP contribution >= 0.6 is 0 Å². The molecule has 27 heavy (non-hydrogen) atoms. The number of guanidine groups is 1. The predicted octanol–water partition coefficient (Wildman–Crippen LogP) is 2.79. The lowest BCUT2D eigenvalue weighted by Gasteiger charge is -2.12. The van der Waals surface area contributed by atoms with Gasteiger partial charge in [0.2, 0.25) is 0 Å². The Bertz CT molecular complexity index is 884. The summed E-state index contributed by atoms with van der Waals surface area (Å²) < 4.78 is 1.99. The first-order valence-corrected chi connectivity index (χ1v) is 9.14. The molecule has 0 amide bonds. The van der Waals surface area contributed by atoms with Gasteiger partial charge < -0.3 is 10.6 Å². The number of aromatic nitrogens is 3. The van der Waals surface area contributed by atoms with Crippen LogP contribution in [0.15, 0.2) is 59.7 Å². The van der Waals surface area contributed by atoms with E-state index in [0.717, 1.165) is 41.7 Å². The van der Waals surface area contributed by atoms with Crippen LogP contribution in [0.1, 0.15) is 22.6 Å². The van der Waals surface area contributed by atoms with E-state index in [2.05, 4.69) is 39.7 Å². The van der Waals surface area contributed by atoms with Gasteiger partial charge in [-0.15, -0.1) is 0 Å². The SMILES string of the molecule is CN=C(NCCc1ccccn1)NCc1c(C)nn(-c2ccccc2)c1C. The Labute approximate surface area is 160 Å². The lowest BCUT2D eigenvalue weighted by atomic mass is 10.2. The Balaban J connectivity index is 1.59. The summed E-state index contributed by atoms with van der Waals surface area (Å²) in [5.74, 6) is 0.775. The highest BCUT2D eigenvalue weighted by Gasteiger charge is 2.13. The first-order valence-electron chi connectivity index (χ1n) is 9.14. The Morgan fingerprint density at radius 2 is 1.81 bits per heavy atom. The number of pyridine rings is 1. The van der Waals surface area contributed by atoms with Crippen molar-refractivity contribution in [3.8, 4) is 5.69 Å². The molecule has 6 nitrogen and oxygen atoms in total. The van der Waals surface area contributed by atoms with Gasteiger partial charge in [-0.25, -0.2) is 4.68 Å². The summed E-state index contributed by atoms with van der Waals surface area (Å²) in [6, 6.07) is 16.2. The van der Waals surface area contributed by atoms with E-state index >= 15 is 0 Å². The van der Waals surface area contributed by atoms with Crippen molar-refractivity contribution in [3.05, 3.63) is 77.4 Å². The van der Waals surface area contributed by atoms with Crippen molar-refractivity contribution in [3.63, 3.8) is 0 Å². The molecule has 2 heterocycles. The minimum absolute atomic E-state index is 0.674. The second kappa shape index (κ2) is 8.98. The van der Waals surface area contributed by atoms with Crippen molar-refractivity contribution in [2.24, 2.45) is 4.99 Å². The average molecular weight is 362 g/mol. The minimum Gasteiger partial charge on any atom is -0.356 e. The first kappa shape index (κ1) is 18.6. The maximum absolute atomic E-state index is 4.69. The van der Waals surface area contributed by atoms with Crippen molar-refractivity contribution in [2.45, 2.75) is 26.8 Å². The zero-order chi connectivity index (χ0) is 19.1. The fourth-order valence-electron chi connectivity index (χ4n) is 3.00. The topological polar surface area (TPSA) is 67.1 Å². The molecule has 0 aliphatic heterocycles. The second-order valence-electron chi connectivity index (χ2n) is 6.32. The number of benzene rings is 1. The van der Waals surface area contributed by atoms with E-state index in [4.69, 9.17) is 5.10 Å². The number of nitrogens with one attached hydrogen (secondary N) is 2. The van der Waals surface area contributed by atoms with Crippen LogP contribution in [0.5, 0.6) is 0 Å². The third-order valence-electron chi connectivity index (χ3n) is 4.50. The summed E-state index contributed by atoms with van der Waals surface area (Å²) in [5.41, 5.74) is 5.48. The van der Waals surface area contributed by atoms with E-state index in [-0.39, 0.29) is 0 Å². The molecule has 0 unspecified atom stereocenters. The predicted molar refractivity (Wildman–Crippen MR) is 109 cm³/mol.